The van der Waals surface area contributed by atoms with Crippen molar-refractivity contribution in [2.75, 3.05) is 13.1 Å². The van der Waals surface area contributed by atoms with Gasteiger partial charge in [-0.15, -0.1) is 0 Å². The number of hydrogen-bond acceptors (Lipinski definition) is 3. The van der Waals surface area contributed by atoms with Crippen LogP contribution in [-0.2, 0) is 6.42 Å². The average molecular weight is 345 g/mol. The number of likely N-dealkylation sites (tertiary alicyclic amines) is 1. The van der Waals surface area contributed by atoms with Crippen LogP contribution in [-0.4, -0.2) is 41.9 Å². The minimum absolute atomic E-state index is 0.128. The first-order chi connectivity index (χ1) is 12.2. The molecule has 1 aromatic carbocycles. The molecule has 0 atom stereocenters. The molecule has 0 spiro atoms. The normalized spacial score (nSPS) is 22.8. The van der Waals surface area contributed by atoms with Gasteiger partial charge < -0.3 is 4.90 Å². The summed E-state index contributed by atoms with van der Waals surface area (Å²) in [5, 5.41) is 7.50. The van der Waals surface area contributed by atoms with Gasteiger partial charge in [-0.2, -0.15) is 10.2 Å². The maximum atomic E-state index is 12.6. The Morgan fingerprint density at radius 1 is 1.00 bits per heavy atom. The third kappa shape index (κ3) is 3.81. The lowest BCUT2D eigenvalue weighted by Gasteiger charge is -2.41. The van der Waals surface area contributed by atoms with Crippen molar-refractivity contribution in [1.82, 2.24) is 4.90 Å². The maximum Gasteiger partial charge on any atom is 0.278 e. The van der Waals surface area contributed by atoms with E-state index in [1.807, 2.05) is 12.1 Å². The largest absolute Gasteiger partial charge is 0.300 e. The summed E-state index contributed by atoms with van der Waals surface area (Å²) in [6.07, 6.45) is 5.55. The van der Waals surface area contributed by atoms with Crippen molar-refractivity contribution in [3.8, 4) is 0 Å². The van der Waals surface area contributed by atoms with Gasteiger partial charge in [-0.05, 0) is 62.2 Å². The van der Waals surface area contributed by atoms with E-state index in [9.17, 15) is 8.78 Å². The summed E-state index contributed by atoms with van der Waals surface area (Å²) in [6, 6.07) is 9.11. The molecule has 5 heteroatoms. The number of benzene rings is 1. The molecule has 0 aromatic heterocycles. The number of nitrogens with zero attached hydrogens (tertiary/aromatic N) is 3. The number of rotatable bonds is 5. The first-order valence-electron chi connectivity index (χ1n) is 9.44. The zero-order valence-electron chi connectivity index (χ0n) is 14.5. The van der Waals surface area contributed by atoms with Crippen LogP contribution in [0.4, 0.5) is 8.78 Å². The first kappa shape index (κ1) is 16.8. The number of halogens is 2. The van der Waals surface area contributed by atoms with E-state index in [-0.39, 0.29) is 12.1 Å². The predicted molar refractivity (Wildman–Crippen MR) is 96.7 cm³/mol. The van der Waals surface area contributed by atoms with Gasteiger partial charge in [0.15, 0.2) is 0 Å². The molecule has 1 aliphatic carbocycles. The molecule has 0 bridgehead atoms. The van der Waals surface area contributed by atoms with E-state index in [0.29, 0.717) is 5.71 Å². The highest BCUT2D eigenvalue weighted by atomic mass is 19.3. The smallest absolute Gasteiger partial charge is 0.278 e. The van der Waals surface area contributed by atoms with Crippen molar-refractivity contribution in [2.45, 2.75) is 57.4 Å². The standard InChI is InChI=1S/C20H25F2N3/c21-20(22)19-13-18(23-24-19)16-6-4-14(5-7-16)12-15-8-10-25(11-9-15)17-2-1-3-17/h4-7,15,17,20H,1-3,8-13H2. The van der Waals surface area contributed by atoms with Gasteiger partial charge in [0, 0.05) is 12.5 Å². The van der Waals surface area contributed by atoms with Crippen LogP contribution in [0, 0.1) is 5.92 Å². The first-order valence-corrected chi connectivity index (χ1v) is 9.44. The third-order valence-electron chi connectivity index (χ3n) is 5.95. The van der Waals surface area contributed by atoms with E-state index < -0.39 is 6.43 Å². The van der Waals surface area contributed by atoms with Crippen LogP contribution in [0.25, 0.3) is 0 Å². The lowest BCUT2D eigenvalue weighted by atomic mass is 9.85. The summed E-state index contributed by atoms with van der Waals surface area (Å²) in [7, 11) is 0. The van der Waals surface area contributed by atoms with Gasteiger partial charge in [0.25, 0.3) is 6.43 Å². The molecular weight excluding hydrogens is 320 g/mol. The van der Waals surface area contributed by atoms with E-state index in [4.69, 9.17) is 0 Å². The van der Waals surface area contributed by atoms with Gasteiger partial charge >= 0.3 is 0 Å². The van der Waals surface area contributed by atoms with Crippen LogP contribution >= 0.6 is 0 Å². The quantitative estimate of drug-likeness (QED) is 0.781. The second-order valence-electron chi connectivity index (χ2n) is 7.58. The van der Waals surface area contributed by atoms with E-state index in [1.54, 1.807) is 0 Å². The van der Waals surface area contributed by atoms with E-state index in [1.165, 1.54) is 50.8 Å². The Bertz CT molecular complexity index is 654. The molecule has 0 unspecified atom stereocenters. The molecule has 25 heavy (non-hydrogen) atoms. The SMILES string of the molecule is FC(F)C1=NN=C(c2ccc(CC3CCN(C4CCC4)CC3)cc2)C1. The third-order valence-corrected chi connectivity index (χ3v) is 5.95. The van der Waals surface area contributed by atoms with Gasteiger partial charge in [0.1, 0.15) is 5.71 Å². The van der Waals surface area contributed by atoms with Crippen molar-refractivity contribution in [3.63, 3.8) is 0 Å². The van der Waals surface area contributed by atoms with Crippen LogP contribution in [0.5, 0.6) is 0 Å². The fourth-order valence-electron chi connectivity index (χ4n) is 4.09. The molecule has 1 aromatic rings. The fourth-order valence-corrected chi connectivity index (χ4v) is 4.09. The van der Waals surface area contributed by atoms with Gasteiger partial charge in [0.05, 0.1) is 5.71 Å². The minimum atomic E-state index is -2.51. The molecular formula is C20H25F2N3. The van der Waals surface area contributed by atoms with E-state index >= 15 is 0 Å². The molecule has 1 saturated carbocycles. The van der Waals surface area contributed by atoms with Gasteiger partial charge in [-0.25, -0.2) is 8.78 Å². The maximum absolute atomic E-state index is 12.6. The summed E-state index contributed by atoms with van der Waals surface area (Å²) < 4.78 is 25.3. The number of piperidine rings is 1. The summed E-state index contributed by atoms with van der Waals surface area (Å²) in [5.41, 5.74) is 2.76. The molecule has 4 rings (SSSR count). The van der Waals surface area contributed by atoms with Crippen LogP contribution in [0.3, 0.4) is 0 Å². The predicted octanol–water partition coefficient (Wildman–Crippen LogP) is 4.31. The highest BCUT2D eigenvalue weighted by Gasteiger charge is 2.28. The summed E-state index contributed by atoms with van der Waals surface area (Å²) in [5.74, 6) is 0.764. The molecule has 0 amide bonds. The lowest BCUT2D eigenvalue weighted by Crippen LogP contribution is -2.45. The second kappa shape index (κ2) is 7.32. The Kier molecular flexibility index (Phi) is 4.93. The van der Waals surface area contributed by atoms with Crippen molar-refractivity contribution >= 4 is 11.4 Å². The summed E-state index contributed by atoms with van der Waals surface area (Å²) in [6.45, 7) is 2.50. The van der Waals surface area contributed by atoms with Crippen LogP contribution in [0.2, 0.25) is 0 Å². The van der Waals surface area contributed by atoms with Crippen LogP contribution < -0.4 is 0 Å². The second-order valence-corrected chi connectivity index (χ2v) is 7.58. The van der Waals surface area contributed by atoms with E-state index in [0.717, 1.165) is 23.9 Å². The van der Waals surface area contributed by atoms with Gasteiger partial charge in [0.2, 0.25) is 0 Å². The van der Waals surface area contributed by atoms with Crippen molar-refractivity contribution in [1.29, 1.82) is 0 Å². The van der Waals surface area contributed by atoms with Gasteiger partial charge in [-0.1, -0.05) is 30.7 Å². The molecule has 134 valence electrons. The van der Waals surface area contributed by atoms with Crippen molar-refractivity contribution in [3.05, 3.63) is 35.4 Å². The molecule has 2 fully saturated rings. The van der Waals surface area contributed by atoms with Crippen molar-refractivity contribution in [2.24, 2.45) is 16.1 Å². The topological polar surface area (TPSA) is 28.0 Å². The zero-order chi connectivity index (χ0) is 17.2. The Labute approximate surface area is 147 Å². The molecule has 2 aliphatic heterocycles. The lowest BCUT2D eigenvalue weighted by molar-refractivity contribution is 0.0847. The summed E-state index contributed by atoms with van der Waals surface area (Å²) in [4.78, 5) is 2.68. The van der Waals surface area contributed by atoms with Crippen LogP contribution in [0.1, 0.15) is 49.7 Å². The zero-order valence-corrected chi connectivity index (χ0v) is 14.5. The Morgan fingerprint density at radius 2 is 1.72 bits per heavy atom. The Morgan fingerprint density at radius 3 is 2.28 bits per heavy atom. The molecule has 3 nitrogen and oxygen atoms in total. The Hall–Kier alpha value is -1.62. The molecule has 0 N–H and O–H groups in total. The Balaban J connectivity index is 1.28. The summed E-state index contributed by atoms with van der Waals surface area (Å²) >= 11 is 0. The number of alkyl halides is 2. The van der Waals surface area contributed by atoms with Crippen LogP contribution in [0.15, 0.2) is 34.5 Å². The van der Waals surface area contributed by atoms with Crippen molar-refractivity contribution < 1.29 is 8.78 Å². The molecule has 1 saturated heterocycles. The molecule has 2 heterocycles. The molecule has 3 aliphatic rings. The van der Waals surface area contributed by atoms with Gasteiger partial charge in [-0.3, -0.25) is 0 Å². The highest BCUT2D eigenvalue weighted by Crippen LogP contribution is 2.30. The average Bonchev–Trinajstić information content (AvgIpc) is 3.06. The van der Waals surface area contributed by atoms with E-state index in [2.05, 4.69) is 27.2 Å². The molecule has 0 radical (unpaired) electrons. The monoisotopic (exact) mass is 345 g/mol. The highest BCUT2D eigenvalue weighted by molar-refractivity contribution is 6.15. The fraction of sp³-hybridized carbons (Fsp3) is 0.600. The minimum Gasteiger partial charge on any atom is -0.300 e. The number of hydrogen-bond donors (Lipinski definition) is 0.